The molecule has 1 amide bonds. The fourth-order valence-corrected chi connectivity index (χ4v) is 2.92. The number of hydrogen-bond donors (Lipinski definition) is 1. The van der Waals surface area contributed by atoms with Crippen LogP contribution in [0.1, 0.15) is 10.4 Å². The molecule has 0 bridgehead atoms. The number of fused-ring (bicyclic) bond motifs is 1. The first-order chi connectivity index (χ1) is 13.1. The second-order valence-corrected chi connectivity index (χ2v) is 6.30. The molecule has 0 atom stereocenters. The van der Waals surface area contributed by atoms with Gasteiger partial charge in [-0.15, -0.1) is 0 Å². The fraction of sp³-hybridized carbons (Fsp3) is 0.0476. The standard InChI is InChI=1S/C21H15ClN2O3/c1-26-15-6-4-5-13(11-15)20(25)23-17-8-3-2-7-16(17)21-24-18-12-14(22)9-10-19(18)27-21/h2-12H,1H3,(H,23,25). The number of methoxy groups -OCH3 is 1. The van der Waals surface area contributed by atoms with Gasteiger partial charge in [-0.2, -0.15) is 0 Å². The Bertz CT molecular complexity index is 1140. The predicted molar refractivity (Wildman–Crippen MR) is 105 cm³/mol. The Morgan fingerprint density at radius 3 is 2.78 bits per heavy atom. The van der Waals surface area contributed by atoms with Crippen LogP contribution in [0.15, 0.2) is 71.1 Å². The monoisotopic (exact) mass is 378 g/mol. The lowest BCUT2D eigenvalue weighted by molar-refractivity contribution is 0.102. The minimum atomic E-state index is -0.250. The number of nitrogens with zero attached hydrogens (tertiary/aromatic N) is 1. The summed E-state index contributed by atoms with van der Waals surface area (Å²) in [5.74, 6) is 0.779. The molecule has 1 heterocycles. The Balaban J connectivity index is 1.69. The number of halogens is 1. The summed E-state index contributed by atoms with van der Waals surface area (Å²) in [5, 5.41) is 3.50. The van der Waals surface area contributed by atoms with E-state index < -0.39 is 0 Å². The van der Waals surface area contributed by atoms with Gasteiger partial charge in [-0.3, -0.25) is 4.79 Å². The van der Waals surface area contributed by atoms with E-state index in [1.165, 1.54) is 0 Å². The summed E-state index contributed by atoms with van der Waals surface area (Å²) in [6.07, 6.45) is 0. The van der Waals surface area contributed by atoms with Crippen LogP contribution in [0.2, 0.25) is 5.02 Å². The zero-order valence-electron chi connectivity index (χ0n) is 14.4. The van der Waals surface area contributed by atoms with Crippen molar-refractivity contribution in [3.8, 4) is 17.2 Å². The van der Waals surface area contributed by atoms with Crippen molar-refractivity contribution in [2.45, 2.75) is 0 Å². The highest BCUT2D eigenvalue weighted by Gasteiger charge is 2.15. The Labute approximate surface area is 160 Å². The molecule has 0 radical (unpaired) electrons. The largest absolute Gasteiger partial charge is 0.497 e. The lowest BCUT2D eigenvalue weighted by Crippen LogP contribution is -2.12. The number of rotatable bonds is 4. The van der Waals surface area contributed by atoms with Gasteiger partial charge in [0.1, 0.15) is 11.3 Å². The second-order valence-electron chi connectivity index (χ2n) is 5.86. The van der Waals surface area contributed by atoms with Crippen molar-refractivity contribution in [3.63, 3.8) is 0 Å². The van der Waals surface area contributed by atoms with E-state index in [0.29, 0.717) is 44.6 Å². The Kier molecular flexibility index (Phi) is 4.52. The second kappa shape index (κ2) is 7.13. The molecule has 5 nitrogen and oxygen atoms in total. The Hall–Kier alpha value is -3.31. The third-order valence-electron chi connectivity index (χ3n) is 4.09. The van der Waals surface area contributed by atoms with Gasteiger partial charge in [0.05, 0.1) is 18.4 Å². The Morgan fingerprint density at radius 2 is 1.93 bits per heavy atom. The molecule has 0 unspecified atom stereocenters. The molecular formula is C21H15ClN2O3. The van der Waals surface area contributed by atoms with Gasteiger partial charge < -0.3 is 14.5 Å². The van der Waals surface area contributed by atoms with E-state index >= 15 is 0 Å². The van der Waals surface area contributed by atoms with E-state index in [-0.39, 0.29) is 5.91 Å². The van der Waals surface area contributed by atoms with E-state index in [9.17, 15) is 4.79 Å². The molecule has 3 aromatic carbocycles. The number of carbonyl (C=O) groups is 1. The van der Waals surface area contributed by atoms with Gasteiger partial charge >= 0.3 is 0 Å². The highest BCUT2D eigenvalue weighted by molar-refractivity contribution is 6.31. The van der Waals surface area contributed by atoms with Gasteiger partial charge in [0.25, 0.3) is 5.91 Å². The predicted octanol–water partition coefficient (Wildman–Crippen LogP) is 5.41. The molecule has 4 aromatic rings. The van der Waals surface area contributed by atoms with Crippen LogP contribution in [-0.2, 0) is 0 Å². The highest BCUT2D eigenvalue weighted by Crippen LogP contribution is 2.31. The minimum Gasteiger partial charge on any atom is -0.497 e. The molecule has 0 aliphatic rings. The third kappa shape index (κ3) is 3.50. The van der Waals surface area contributed by atoms with E-state index in [0.717, 1.165) is 0 Å². The quantitative estimate of drug-likeness (QED) is 0.515. The van der Waals surface area contributed by atoms with E-state index in [4.69, 9.17) is 20.8 Å². The first-order valence-corrected chi connectivity index (χ1v) is 8.63. The van der Waals surface area contributed by atoms with Crippen LogP contribution in [0.25, 0.3) is 22.6 Å². The lowest BCUT2D eigenvalue weighted by atomic mass is 10.1. The molecule has 6 heteroatoms. The van der Waals surface area contributed by atoms with Crippen molar-refractivity contribution in [2.75, 3.05) is 12.4 Å². The smallest absolute Gasteiger partial charge is 0.255 e. The number of oxazole rings is 1. The first kappa shape index (κ1) is 17.1. The zero-order valence-corrected chi connectivity index (χ0v) is 15.2. The van der Waals surface area contributed by atoms with Crippen LogP contribution in [0.5, 0.6) is 5.75 Å². The molecule has 0 saturated carbocycles. The summed E-state index contributed by atoms with van der Waals surface area (Å²) in [7, 11) is 1.56. The molecule has 0 fully saturated rings. The van der Waals surface area contributed by atoms with Crippen LogP contribution < -0.4 is 10.1 Å². The average Bonchev–Trinajstić information content (AvgIpc) is 3.11. The summed E-state index contributed by atoms with van der Waals surface area (Å²) >= 11 is 6.02. The number of ether oxygens (including phenoxy) is 1. The topological polar surface area (TPSA) is 64.4 Å². The molecule has 4 rings (SSSR count). The van der Waals surface area contributed by atoms with Crippen molar-refractivity contribution in [1.82, 2.24) is 4.98 Å². The molecular weight excluding hydrogens is 364 g/mol. The maximum atomic E-state index is 12.6. The fourth-order valence-electron chi connectivity index (χ4n) is 2.75. The van der Waals surface area contributed by atoms with E-state index in [2.05, 4.69) is 10.3 Å². The van der Waals surface area contributed by atoms with Gasteiger partial charge in [0.15, 0.2) is 5.58 Å². The number of nitrogens with one attached hydrogen (secondary N) is 1. The molecule has 0 saturated heterocycles. The van der Waals surface area contributed by atoms with Crippen LogP contribution in [0, 0.1) is 0 Å². The zero-order chi connectivity index (χ0) is 18.8. The normalized spacial score (nSPS) is 10.7. The molecule has 0 aliphatic carbocycles. The summed E-state index contributed by atoms with van der Waals surface area (Å²) in [6.45, 7) is 0. The van der Waals surface area contributed by atoms with Crippen LogP contribution >= 0.6 is 11.6 Å². The number of carbonyl (C=O) groups excluding carboxylic acids is 1. The summed E-state index contributed by atoms with van der Waals surface area (Å²) < 4.78 is 11.0. The molecule has 1 N–H and O–H groups in total. The van der Waals surface area contributed by atoms with Crippen molar-refractivity contribution in [3.05, 3.63) is 77.3 Å². The number of amides is 1. The summed E-state index contributed by atoms with van der Waals surface area (Å²) in [5.41, 5.74) is 3.06. The number of aromatic nitrogens is 1. The van der Waals surface area contributed by atoms with Crippen molar-refractivity contribution in [2.24, 2.45) is 0 Å². The van der Waals surface area contributed by atoms with Crippen molar-refractivity contribution in [1.29, 1.82) is 0 Å². The van der Waals surface area contributed by atoms with Crippen LogP contribution in [0.3, 0.4) is 0 Å². The number of anilines is 1. The van der Waals surface area contributed by atoms with Gasteiger partial charge in [0.2, 0.25) is 5.89 Å². The van der Waals surface area contributed by atoms with Crippen LogP contribution in [-0.4, -0.2) is 18.0 Å². The number of para-hydroxylation sites is 1. The Morgan fingerprint density at radius 1 is 1.07 bits per heavy atom. The molecule has 134 valence electrons. The van der Waals surface area contributed by atoms with Gasteiger partial charge in [-0.05, 0) is 48.5 Å². The molecule has 1 aromatic heterocycles. The maximum Gasteiger partial charge on any atom is 0.255 e. The SMILES string of the molecule is COc1cccc(C(=O)Nc2ccccc2-c2nc3cc(Cl)ccc3o2)c1. The van der Waals surface area contributed by atoms with Crippen molar-refractivity contribution < 1.29 is 13.9 Å². The number of hydrogen-bond acceptors (Lipinski definition) is 4. The number of benzene rings is 3. The van der Waals surface area contributed by atoms with E-state index in [1.807, 2.05) is 18.2 Å². The maximum absolute atomic E-state index is 12.6. The lowest BCUT2D eigenvalue weighted by Gasteiger charge is -2.09. The first-order valence-electron chi connectivity index (χ1n) is 8.25. The molecule has 27 heavy (non-hydrogen) atoms. The summed E-state index contributed by atoms with van der Waals surface area (Å²) in [6, 6.07) is 19.5. The third-order valence-corrected chi connectivity index (χ3v) is 4.32. The molecule has 0 aliphatic heterocycles. The van der Waals surface area contributed by atoms with Gasteiger partial charge in [0, 0.05) is 10.6 Å². The summed E-state index contributed by atoms with van der Waals surface area (Å²) in [4.78, 5) is 17.1. The minimum absolute atomic E-state index is 0.250. The van der Waals surface area contributed by atoms with Crippen molar-refractivity contribution >= 4 is 34.3 Å². The van der Waals surface area contributed by atoms with Crippen LogP contribution in [0.4, 0.5) is 5.69 Å². The molecule has 0 spiro atoms. The van der Waals surface area contributed by atoms with Gasteiger partial charge in [-0.25, -0.2) is 4.98 Å². The average molecular weight is 379 g/mol. The van der Waals surface area contributed by atoms with Gasteiger partial charge in [-0.1, -0.05) is 29.8 Å². The van der Waals surface area contributed by atoms with E-state index in [1.54, 1.807) is 55.6 Å². The highest BCUT2D eigenvalue weighted by atomic mass is 35.5.